The molecule has 2 atom stereocenters. The van der Waals surface area contributed by atoms with Crippen molar-refractivity contribution in [3.8, 4) is 0 Å². The number of nitrogens with zero attached hydrogens (tertiary/aromatic N) is 1. The highest BCUT2D eigenvalue weighted by atomic mass is 32.0. The Bertz CT molecular complexity index is 121. The molecule has 0 saturated heterocycles. The van der Waals surface area contributed by atoms with Crippen LogP contribution in [0.25, 0.3) is 0 Å². The molecule has 0 aliphatic heterocycles. The molecule has 0 aliphatic rings. The predicted octanol–water partition coefficient (Wildman–Crippen LogP) is 3.33. The summed E-state index contributed by atoms with van der Waals surface area (Å²) in [5.74, 6) is 0. The molecule has 44 valence electrons. The van der Waals surface area contributed by atoms with E-state index in [1.54, 1.807) is 0 Å². The lowest BCUT2D eigenvalue weighted by Crippen LogP contribution is -1.54. The van der Waals surface area contributed by atoms with E-state index in [-0.39, 0.29) is 13.5 Å². The number of carbonyl (C=O) groups excluding carboxylic acids is 1. The van der Waals surface area contributed by atoms with E-state index >= 15 is 0 Å². The first-order valence-electron chi connectivity index (χ1n) is 1.58. The second kappa shape index (κ2) is 5.86. The summed E-state index contributed by atoms with van der Waals surface area (Å²) in [6, 6.07) is 0. The van der Waals surface area contributed by atoms with Gasteiger partial charge in [0, 0.05) is 16.3 Å². The molecule has 0 heterocycles. The quantitative estimate of drug-likeness (QED) is 0.671. The molecule has 8 heavy (non-hydrogen) atoms. The van der Waals surface area contributed by atoms with Gasteiger partial charge in [0.05, 0.1) is 8.37 Å². The summed E-state index contributed by atoms with van der Waals surface area (Å²) in [7, 11) is 3.04. The van der Waals surface area contributed by atoms with Crippen molar-refractivity contribution in [2.75, 3.05) is 0 Å². The van der Waals surface area contributed by atoms with Crippen LogP contribution in [0, 0.1) is 5.16 Å². The maximum atomic E-state index is 10.4. The van der Waals surface area contributed by atoms with Gasteiger partial charge in [0.2, 0.25) is 5.27 Å². The summed E-state index contributed by atoms with van der Waals surface area (Å²) in [5.41, 5.74) is 0. The van der Waals surface area contributed by atoms with Crippen LogP contribution in [0.5, 0.6) is 0 Å². The lowest BCUT2D eigenvalue weighted by atomic mass is 11.8. The van der Waals surface area contributed by atoms with Crippen LogP contribution < -0.4 is 0 Å². The third kappa shape index (κ3) is 4.88. The van der Waals surface area contributed by atoms with Crippen LogP contribution in [-0.4, -0.2) is 5.27 Å². The van der Waals surface area contributed by atoms with Gasteiger partial charge in [0.1, 0.15) is 0 Å². The molecule has 0 aliphatic carbocycles. The van der Waals surface area contributed by atoms with Gasteiger partial charge in [0.25, 0.3) is 0 Å². The fourth-order valence-electron chi connectivity index (χ4n) is 0.123. The minimum atomic E-state index is 0.0247. The van der Waals surface area contributed by atoms with Crippen molar-refractivity contribution in [1.29, 1.82) is 5.16 Å². The highest BCUT2D eigenvalue weighted by molar-refractivity contribution is 8.20. The fraction of sp³-hybridized carbons (Fsp3) is 0. The molecular formula is CH4N2OP4. The third-order valence-corrected chi connectivity index (χ3v) is 3.36. The average Bonchev–Trinajstić information content (AvgIpc) is 1.68. The smallest absolute Gasteiger partial charge is 0.228 e. The molecule has 0 aromatic heterocycles. The largest absolute Gasteiger partial charge is 0.282 e. The lowest BCUT2D eigenvalue weighted by Gasteiger charge is -1.76. The van der Waals surface area contributed by atoms with E-state index in [9.17, 15) is 4.79 Å². The molecule has 0 bridgehead atoms. The topological polar surface area (TPSA) is 53.3 Å². The first-order valence-corrected chi connectivity index (χ1v) is 5.68. The normalized spacial score (nSPS) is 12.1. The van der Waals surface area contributed by atoms with E-state index in [1.165, 1.54) is 0 Å². The van der Waals surface area contributed by atoms with Crippen molar-refractivity contribution in [2.45, 2.75) is 0 Å². The van der Waals surface area contributed by atoms with Gasteiger partial charge in [-0.05, 0) is 9.39 Å². The second-order valence-electron chi connectivity index (χ2n) is 0.744. The number of hydrogen-bond donors (Lipinski definition) is 1. The molecule has 0 radical (unpaired) electrons. The first kappa shape index (κ1) is 8.73. The Kier molecular flexibility index (Phi) is 6.39. The number of nitrogens with one attached hydrogen (secondary N) is 1. The molecule has 7 heteroatoms. The fourth-order valence-corrected chi connectivity index (χ4v) is 2.48. The highest BCUT2D eigenvalue weighted by Gasteiger charge is 1.91. The van der Waals surface area contributed by atoms with Gasteiger partial charge in [-0.25, -0.2) is 4.52 Å². The number of carbonyl (C=O) groups is 1. The van der Waals surface area contributed by atoms with E-state index in [4.69, 9.17) is 5.16 Å². The van der Waals surface area contributed by atoms with Crippen LogP contribution in [0.2, 0.25) is 0 Å². The monoisotopic (exact) mass is 184 g/mol. The van der Waals surface area contributed by atoms with Crippen LogP contribution >= 0.6 is 34.1 Å². The van der Waals surface area contributed by atoms with Crippen LogP contribution in [0.1, 0.15) is 0 Å². The van der Waals surface area contributed by atoms with Gasteiger partial charge in [0.15, 0.2) is 0 Å². The van der Waals surface area contributed by atoms with E-state index in [0.717, 1.165) is 0 Å². The SMILES string of the molecule is N=PPC(=O)/P=N/P. The summed E-state index contributed by atoms with van der Waals surface area (Å²) in [6.07, 6.45) is 0. The number of rotatable bonds is 3. The van der Waals surface area contributed by atoms with Crippen molar-refractivity contribution >= 4 is 39.4 Å². The van der Waals surface area contributed by atoms with Gasteiger partial charge in [-0.2, -0.15) is 0 Å². The molecule has 0 saturated carbocycles. The van der Waals surface area contributed by atoms with Crippen LogP contribution in [-0.2, 0) is 0 Å². The van der Waals surface area contributed by atoms with E-state index < -0.39 is 0 Å². The van der Waals surface area contributed by atoms with Crippen molar-refractivity contribution in [1.82, 2.24) is 0 Å². The summed E-state index contributed by atoms with van der Waals surface area (Å²) in [5, 5.41) is 6.65. The van der Waals surface area contributed by atoms with Crippen LogP contribution in [0.4, 0.5) is 4.79 Å². The minimum Gasteiger partial charge on any atom is -0.282 e. The molecular weight excluding hydrogens is 180 g/mol. The molecule has 1 N–H and O–H groups in total. The zero-order chi connectivity index (χ0) is 6.41. The Hall–Kier alpha value is 0.730. The van der Waals surface area contributed by atoms with Gasteiger partial charge >= 0.3 is 0 Å². The van der Waals surface area contributed by atoms with Gasteiger partial charge in [-0.3, -0.25) is 9.96 Å². The van der Waals surface area contributed by atoms with Gasteiger partial charge in [-0.1, -0.05) is 0 Å². The Balaban J connectivity index is 3.48. The molecule has 0 amide bonds. The van der Waals surface area contributed by atoms with E-state index in [0.29, 0.717) is 16.4 Å². The molecule has 0 aromatic rings. The molecule has 2 unspecified atom stereocenters. The Labute approximate surface area is 54.5 Å². The zero-order valence-electron chi connectivity index (χ0n) is 3.83. The lowest BCUT2D eigenvalue weighted by molar-refractivity contribution is 0.276. The van der Waals surface area contributed by atoms with Crippen molar-refractivity contribution < 1.29 is 4.79 Å². The summed E-state index contributed by atoms with van der Waals surface area (Å²) < 4.78 is 3.51. The predicted molar refractivity (Wildman–Crippen MR) is 42.4 cm³/mol. The second-order valence-corrected chi connectivity index (χ2v) is 4.94. The summed E-state index contributed by atoms with van der Waals surface area (Å²) in [4.78, 5) is 10.4. The average molecular weight is 184 g/mol. The molecule has 3 nitrogen and oxygen atoms in total. The van der Waals surface area contributed by atoms with Gasteiger partial charge in [-0.15, -0.1) is 0 Å². The van der Waals surface area contributed by atoms with Crippen molar-refractivity contribution in [2.24, 2.45) is 4.52 Å². The summed E-state index contributed by atoms with van der Waals surface area (Å²) >= 11 is 0. The third-order valence-electron chi connectivity index (χ3n) is 0.300. The maximum absolute atomic E-state index is 10.4. The Morgan fingerprint density at radius 2 is 2.50 bits per heavy atom. The first-order chi connectivity index (χ1) is 3.81. The van der Waals surface area contributed by atoms with E-state index in [2.05, 4.69) is 13.9 Å². The molecule has 0 rings (SSSR count). The summed E-state index contributed by atoms with van der Waals surface area (Å²) in [6.45, 7) is 0. The zero-order valence-corrected chi connectivity index (χ0v) is 7.77. The Morgan fingerprint density at radius 1 is 1.88 bits per heavy atom. The van der Waals surface area contributed by atoms with Crippen molar-refractivity contribution in [3.05, 3.63) is 0 Å². The van der Waals surface area contributed by atoms with Crippen LogP contribution in [0.3, 0.4) is 0 Å². The number of hydrogen-bond acceptors (Lipinski definition) is 3. The van der Waals surface area contributed by atoms with Gasteiger partial charge < -0.3 is 0 Å². The van der Waals surface area contributed by atoms with Crippen molar-refractivity contribution in [3.63, 3.8) is 0 Å². The van der Waals surface area contributed by atoms with E-state index in [1.807, 2.05) is 0 Å². The standard InChI is InChI=1S/CH4N2OP4/c2-8-7-1(4)6-3-5/h2,7H,5H2. The highest BCUT2D eigenvalue weighted by Crippen LogP contribution is 2.34. The minimum absolute atomic E-state index is 0.0247. The molecule has 0 aromatic carbocycles. The maximum Gasteiger partial charge on any atom is 0.228 e. The molecule has 0 spiro atoms. The Morgan fingerprint density at radius 3 is 2.88 bits per heavy atom. The van der Waals surface area contributed by atoms with Crippen LogP contribution in [0.15, 0.2) is 4.52 Å². The molecule has 0 fully saturated rings.